The molecule has 5 nitrogen and oxygen atoms in total. The van der Waals surface area contributed by atoms with Gasteiger partial charge in [-0.25, -0.2) is 8.42 Å². The Kier molecular flexibility index (Phi) is 4.05. The van der Waals surface area contributed by atoms with Crippen LogP contribution in [0, 0.1) is 0 Å². The summed E-state index contributed by atoms with van der Waals surface area (Å²) in [5, 5.41) is 2.81. The summed E-state index contributed by atoms with van der Waals surface area (Å²) in [6.07, 6.45) is 3.14. The highest BCUT2D eigenvalue weighted by Gasteiger charge is 2.17. The molecule has 84 valence electrons. The quantitative estimate of drug-likeness (QED) is 0.776. The minimum Gasteiger partial charge on any atom is -0.319 e. The lowest BCUT2D eigenvalue weighted by Gasteiger charge is -2.18. The van der Waals surface area contributed by atoms with E-state index in [0.717, 1.165) is 0 Å². The van der Waals surface area contributed by atoms with E-state index >= 15 is 0 Å². The van der Waals surface area contributed by atoms with Crippen molar-refractivity contribution in [3.63, 3.8) is 0 Å². The molecule has 0 saturated carbocycles. The molecule has 0 fully saturated rings. The Morgan fingerprint density at radius 2 is 2.00 bits per heavy atom. The molecule has 0 aliphatic heterocycles. The molecule has 0 aliphatic rings. The molecule has 15 heavy (non-hydrogen) atoms. The first kappa shape index (κ1) is 11.9. The van der Waals surface area contributed by atoms with Crippen molar-refractivity contribution in [2.75, 3.05) is 30.7 Å². The number of anilines is 1. The van der Waals surface area contributed by atoms with E-state index in [2.05, 4.69) is 10.3 Å². The molecule has 0 spiro atoms. The van der Waals surface area contributed by atoms with E-state index in [1.54, 1.807) is 38.6 Å². The van der Waals surface area contributed by atoms with Gasteiger partial charge in [0.1, 0.15) is 0 Å². The van der Waals surface area contributed by atoms with Crippen LogP contribution in [0.15, 0.2) is 24.5 Å². The van der Waals surface area contributed by atoms with Crippen LogP contribution >= 0.6 is 0 Å². The highest BCUT2D eigenvalue weighted by molar-refractivity contribution is 7.92. The average Bonchev–Trinajstić information content (AvgIpc) is 2.26. The van der Waals surface area contributed by atoms with Crippen LogP contribution in [0.2, 0.25) is 0 Å². The second-order valence-corrected chi connectivity index (χ2v) is 5.21. The maximum Gasteiger partial charge on any atom is 0.236 e. The molecule has 1 rings (SSSR count). The number of hydrogen-bond acceptors (Lipinski definition) is 4. The standard InChI is InChI=1S/C9H15N3O2S/c1-10-7-8-15(13,14)12(2)9-3-5-11-6-4-9/h3-6,10H,7-8H2,1-2H3. The normalized spacial score (nSPS) is 11.3. The summed E-state index contributed by atoms with van der Waals surface area (Å²) in [4.78, 5) is 3.84. The maximum absolute atomic E-state index is 11.8. The van der Waals surface area contributed by atoms with Gasteiger partial charge in [0, 0.05) is 26.0 Å². The van der Waals surface area contributed by atoms with Crippen LogP contribution in [0.3, 0.4) is 0 Å². The second kappa shape index (κ2) is 5.09. The van der Waals surface area contributed by atoms with E-state index in [4.69, 9.17) is 0 Å². The molecule has 0 saturated heterocycles. The third-order valence-corrected chi connectivity index (χ3v) is 3.82. The lowest BCUT2D eigenvalue weighted by molar-refractivity contribution is 0.592. The molecule has 1 heterocycles. The average molecular weight is 229 g/mol. The van der Waals surface area contributed by atoms with Gasteiger partial charge >= 0.3 is 0 Å². The maximum atomic E-state index is 11.8. The summed E-state index contributed by atoms with van der Waals surface area (Å²) in [5.41, 5.74) is 0.626. The predicted molar refractivity (Wildman–Crippen MR) is 60.4 cm³/mol. The zero-order valence-electron chi connectivity index (χ0n) is 8.84. The lowest BCUT2D eigenvalue weighted by Crippen LogP contribution is -2.32. The van der Waals surface area contributed by atoms with Crippen molar-refractivity contribution < 1.29 is 8.42 Å². The van der Waals surface area contributed by atoms with Gasteiger partial charge in [0.2, 0.25) is 10.0 Å². The Balaban J connectivity index is 2.80. The van der Waals surface area contributed by atoms with E-state index in [9.17, 15) is 8.42 Å². The van der Waals surface area contributed by atoms with Gasteiger partial charge in [0.15, 0.2) is 0 Å². The second-order valence-electron chi connectivity index (χ2n) is 3.09. The van der Waals surface area contributed by atoms with Crippen LogP contribution in [0.25, 0.3) is 0 Å². The molecular formula is C9H15N3O2S. The van der Waals surface area contributed by atoms with Crippen molar-refractivity contribution >= 4 is 15.7 Å². The highest BCUT2D eigenvalue weighted by atomic mass is 32.2. The third kappa shape index (κ3) is 3.17. The number of pyridine rings is 1. The monoisotopic (exact) mass is 229 g/mol. The Morgan fingerprint density at radius 3 is 2.53 bits per heavy atom. The fraction of sp³-hybridized carbons (Fsp3) is 0.444. The molecular weight excluding hydrogens is 214 g/mol. The zero-order valence-corrected chi connectivity index (χ0v) is 9.66. The lowest BCUT2D eigenvalue weighted by atomic mass is 10.4. The number of hydrogen-bond donors (Lipinski definition) is 1. The molecule has 0 radical (unpaired) electrons. The molecule has 1 N–H and O–H groups in total. The summed E-state index contributed by atoms with van der Waals surface area (Å²) >= 11 is 0. The number of nitrogens with zero attached hydrogens (tertiary/aromatic N) is 2. The molecule has 0 unspecified atom stereocenters. The summed E-state index contributed by atoms with van der Waals surface area (Å²) in [7, 11) is 0.0337. The van der Waals surface area contributed by atoms with Crippen molar-refractivity contribution in [2.45, 2.75) is 0 Å². The van der Waals surface area contributed by atoms with Crippen molar-refractivity contribution in [2.24, 2.45) is 0 Å². The van der Waals surface area contributed by atoms with E-state index < -0.39 is 10.0 Å². The highest BCUT2D eigenvalue weighted by Crippen LogP contribution is 2.13. The summed E-state index contributed by atoms with van der Waals surface area (Å²) in [6.45, 7) is 0.442. The van der Waals surface area contributed by atoms with Crippen LogP contribution < -0.4 is 9.62 Å². The Morgan fingerprint density at radius 1 is 1.40 bits per heavy atom. The smallest absolute Gasteiger partial charge is 0.236 e. The summed E-state index contributed by atoms with van der Waals surface area (Å²) < 4.78 is 24.8. The third-order valence-electron chi connectivity index (χ3n) is 2.05. The van der Waals surface area contributed by atoms with Gasteiger partial charge in [0.25, 0.3) is 0 Å². The number of rotatable bonds is 5. The molecule has 1 aromatic rings. The molecule has 0 atom stereocenters. The van der Waals surface area contributed by atoms with E-state index in [0.29, 0.717) is 12.2 Å². The molecule has 6 heteroatoms. The predicted octanol–water partition coefficient (Wildman–Crippen LogP) is 0.0670. The fourth-order valence-electron chi connectivity index (χ4n) is 1.08. The van der Waals surface area contributed by atoms with Crippen molar-refractivity contribution in [3.05, 3.63) is 24.5 Å². The van der Waals surface area contributed by atoms with Gasteiger partial charge in [-0.3, -0.25) is 9.29 Å². The van der Waals surface area contributed by atoms with Crippen molar-refractivity contribution in [1.82, 2.24) is 10.3 Å². The first-order valence-electron chi connectivity index (χ1n) is 4.59. The SMILES string of the molecule is CNCCS(=O)(=O)N(C)c1ccncc1. The van der Waals surface area contributed by atoms with Crippen LogP contribution in [0.1, 0.15) is 0 Å². The molecule has 0 aromatic carbocycles. The van der Waals surface area contributed by atoms with E-state index in [1.165, 1.54) is 4.31 Å². The van der Waals surface area contributed by atoms with Gasteiger partial charge in [-0.15, -0.1) is 0 Å². The number of aromatic nitrogens is 1. The minimum atomic E-state index is -3.23. The molecule has 0 amide bonds. The zero-order chi connectivity index (χ0) is 11.3. The number of sulfonamides is 1. The van der Waals surface area contributed by atoms with Gasteiger partial charge in [-0.1, -0.05) is 0 Å². The topological polar surface area (TPSA) is 62.3 Å². The van der Waals surface area contributed by atoms with Crippen LogP contribution in [0.5, 0.6) is 0 Å². The first-order chi connectivity index (χ1) is 7.08. The fourth-order valence-corrected chi connectivity index (χ4v) is 2.26. The Bertz CT molecular complexity index is 391. The van der Waals surface area contributed by atoms with Gasteiger partial charge in [0.05, 0.1) is 11.4 Å². The summed E-state index contributed by atoms with van der Waals surface area (Å²) in [6, 6.07) is 3.33. The Labute approximate surface area is 90.2 Å². The summed E-state index contributed by atoms with van der Waals surface area (Å²) in [5.74, 6) is 0.0856. The largest absolute Gasteiger partial charge is 0.319 e. The number of nitrogens with one attached hydrogen (secondary N) is 1. The van der Waals surface area contributed by atoms with Gasteiger partial charge in [-0.05, 0) is 19.2 Å². The molecule has 1 aromatic heterocycles. The van der Waals surface area contributed by atoms with Crippen molar-refractivity contribution in [3.8, 4) is 0 Å². The minimum absolute atomic E-state index is 0.0856. The van der Waals surface area contributed by atoms with E-state index in [1.807, 2.05) is 0 Å². The molecule has 0 bridgehead atoms. The van der Waals surface area contributed by atoms with Crippen LogP contribution in [-0.2, 0) is 10.0 Å². The van der Waals surface area contributed by atoms with E-state index in [-0.39, 0.29) is 5.75 Å². The van der Waals surface area contributed by atoms with Gasteiger partial charge < -0.3 is 5.32 Å². The van der Waals surface area contributed by atoms with Crippen LogP contribution in [-0.4, -0.2) is 39.8 Å². The Hall–Kier alpha value is -1.14. The molecule has 0 aliphatic carbocycles. The van der Waals surface area contributed by atoms with Gasteiger partial charge in [-0.2, -0.15) is 0 Å². The first-order valence-corrected chi connectivity index (χ1v) is 6.20. The van der Waals surface area contributed by atoms with Crippen LogP contribution in [0.4, 0.5) is 5.69 Å². The van der Waals surface area contributed by atoms with Crippen molar-refractivity contribution in [1.29, 1.82) is 0 Å².